The molecule has 1 atom stereocenters. The largest absolute Gasteiger partial charge is 0.389 e. The predicted octanol–water partition coefficient (Wildman–Crippen LogP) is 1.56. The van der Waals surface area contributed by atoms with Gasteiger partial charge in [-0.15, -0.1) is 0 Å². The summed E-state index contributed by atoms with van der Waals surface area (Å²) in [7, 11) is 2.99. The van der Waals surface area contributed by atoms with Crippen LogP contribution in [0.25, 0.3) is 11.3 Å². The fourth-order valence-electron chi connectivity index (χ4n) is 2.00. The smallest absolute Gasteiger partial charge is 0.275 e. The Morgan fingerprint density at radius 1 is 1.50 bits per heavy atom. The molecule has 6 nitrogen and oxygen atoms in total. The molecule has 0 saturated carbocycles. The summed E-state index contributed by atoms with van der Waals surface area (Å²) in [4.78, 5) is 13.5. The van der Waals surface area contributed by atoms with Crippen LogP contribution < -0.4 is 0 Å². The highest BCUT2D eigenvalue weighted by molar-refractivity contribution is 5.93. The molecule has 0 aliphatic rings. The molecule has 0 radical (unpaired) electrons. The molecule has 0 saturated heterocycles. The maximum atomic E-state index is 13.7. The highest BCUT2D eigenvalue weighted by Crippen LogP contribution is 2.23. The van der Waals surface area contributed by atoms with E-state index >= 15 is 0 Å². The maximum absolute atomic E-state index is 13.7. The van der Waals surface area contributed by atoms with Crippen LogP contribution in [-0.2, 0) is 4.74 Å². The Kier molecular flexibility index (Phi) is 5.24. The second kappa shape index (κ2) is 7.15. The van der Waals surface area contributed by atoms with Crippen molar-refractivity contribution in [2.45, 2.75) is 6.10 Å². The SMILES string of the molecule is COCC(O)CN(C)C(=O)c1cc(-c2ccccc2F)on1. The lowest BCUT2D eigenvalue weighted by molar-refractivity contribution is 0.0376. The van der Waals surface area contributed by atoms with E-state index in [1.807, 2.05) is 0 Å². The zero-order valence-corrected chi connectivity index (χ0v) is 12.3. The van der Waals surface area contributed by atoms with E-state index in [2.05, 4.69) is 5.16 Å². The average Bonchev–Trinajstić information content (AvgIpc) is 2.96. The summed E-state index contributed by atoms with van der Waals surface area (Å²) in [5.41, 5.74) is 0.279. The third kappa shape index (κ3) is 3.69. The van der Waals surface area contributed by atoms with Gasteiger partial charge in [-0.1, -0.05) is 17.3 Å². The van der Waals surface area contributed by atoms with Crippen molar-refractivity contribution in [3.8, 4) is 11.3 Å². The number of benzene rings is 1. The molecule has 2 aromatic rings. The zero-order valence-electron chi connectivity index (χ0n) is 12.3. The van der Waals surface area contributed by atoms with Crippen LogP contribution >= 0.6 is 0 Å². The number of methoxy groups -OCH3 is 1. The Labute approximate surface area is 127 Å². The molecule has 22 heavy (non-hydrogen) atoms. The van der Waals surface area contributed by atoms with Gasteiger partial charge in [-0.25, -0.2) is 4.39 Å². The van der Waals surface area contributed by atoms with Crippen molar-refractivity contribution in [1.82, 2.24) is 10.1 Å². The molecule has 1 aromatic carbocycles. The van der Waals surface area contributed by atoms with E-state index < -0.39 is 17.8 Å². The van der Waals surface area contributed by atoms with Gasteiger partial charge in [-0.05, 0) is 12.1 Å². The topological polar surface area (TPSA) is 75.8 Å². The Morgan fingerprint density at radius 3 is 2.91 bits per heavy atom. The minimum atomic E-state index is -0.795. The van der Waals surface area contributed by atoms with Gasteiger partial charge in [0.05, 0.1) is 18.3 Å². The number of rotatable bonds is 6. The molecule has 0 fully saturated rings. The summed E-state index contributed by atoms with van der Waals surface area (Å²) < 4.78 is 23.5. The predicted molar refractivity (Wildman–Crippen MR) is 76.7 cm³/mol. The van der Waals surface area contributed by atoms with Gasteiger partial charge < -0.3 is 19.3 Å². The number of nitrogens with zero attached hydrogens (tertiary/aromatic N) is 2. The van der Waals surface area contributed by atoms with Gasteiger partial charge in [0, 0.05) is 26.8 Å². The van der Waals surface area contributed by atoms with Crippen LogP contribution in [0.4, 0.5) is 4.39 Å². The van der Waals surface area contributed by atoms with Crippen molar-refractivity contribution < 1.29 is 23.6 Å². The summed E-state index contributed by atoms with van der Waals surface area (Å²) in [6, 6.07) is 7.44. The summed E-state index contributed by atoms with van der Waals surface area (Å²) in [6.45, 7) is 0.214. The standard InChI is InChI=1S/C15H17FN2O4/c1-18(8-10(19)9-21-2)15(20)13-7-14(22-17-13)11-5-3-4-6-12(11)16/h3-7,10,19H,8-9H2,1-2H3. The summed E-state index contributed by atoms with van der Waals surface area (Å²) >= 11 is 0. The van der Waals surface area contributed by atoms with Crippen LogP contribution in [0.2, 0.25) is 0 Å². The van der Waals surface area contributed by atoms with Crippen molar-refractivity contribution in [2.24, 2.45) is 0 Å². The maximum Gasteiger partial charge on any atom is 0.275 e. The molecular weight excluding hydrogens is 291 g/mol. The average molecular weight is 308 g/mol. The van der Waals surface area contributed by atoms with Gasteiger partial charge in [0.25, 0.3) is 5.91 Å². The molecule has 0 spiro atoms. The van der Waals surface area contributed by atoms with Crippen LogP contribution in [-0.4, -0.2) is 54.5 Å². The first-order valence-corrected chi connectivity index (χ1v) is 6.67. The van der Waals surface area contributed by atoms with E-state index in [1.54, 1.807) is 12.1 Å². The number of amides is 1. The van der Waals surface area contributed by atoms with Gasteiger partial charge in [-0.2, -0.15) is 0 Å². The molecule has 1 heterocycles. The molecule has 1 N–H and O–H groups in total. The fraction of sp³-hybridized carbons (Fsp3) is 0.333. The lowest BCUT2D eigenvalue weighted by Crippen LogP contribution is -2.36. The summed E-state index contributed by atoms with van der Waals surface area (Å²) in [6.07, 6.45) is -0.795. The quantitative estimate of drug-likeness (QED) is 0.876. The van der Waals surface area contributed by atoms with Gasteiger partial charge >= 0.3 is 0 Å². The Bertz CT molecular complexity index is 644. The number of carbonyl (C=O) groups excluding carboxylic acids is 1. The second-order valence-electron chi connectivity index (χ2n) is 4.85. The number of halogens is 1. The van der Waals surface area contributed by atoms with E-state index in [1.165, 1.54) is 37.3 Å². The number of aliphatic hydroxyl groups excluding tert-OH is 1. The van der Waals surface area contributed by atoms with E-state index in [4.69, 9.17) is 9.26 Å². The van der Waals surface area contributed by atoms with Gasteiger partial charge in [0.2, 0.25) is 0 Å². The van der Waals surface area contributed by atoms with E-state index in [0.717, 1.165) is 0 Å². The van der Waals surface area contributed by atoms with Crippen LogP contribution in [0.15, 0.2) is 34.9 Å². The van der Waals surface area contributed by atoms with Gasteiger partial charge in [0.1, 0.15) is 5.82 Å². The molecule has 1 unspecified atom stereocenters. The highest BCUT2D eigenvalue weighted by atomic mass is 19.1. The van der Waals surface area contributed by atoms with Crippen LogP contribution in [0, 0.1) is 5.82 Å². The van der Waals surface area contributed by atoms with Crippen molar-refractivity contribution in [3.05, 3.63) is 41.8 Å². The van der Waals surface area contributed by atoms with Crippen molar-refractivity contribution >= 4 is 5.91 Å². The normalized spacial score (nSPS) is 12.2. The third-order valence-corrected chi connectivity index (χ3v) is 3.06. The number of hydrogen-bond donors (Lipinski definition) is 1. The Balaban J connectivity index is 2.11. The highest BCUT2D eigenvalue weighted by Gasteiger charge is 2.20. The molecule has 0 aliphatic carbocycles. The first kappa shape index (κ1) is 16.1. The van der Waals surface area contributed by atoms with Crippen molar-refractivity contribution in [2.75, 3.05) is 27.3 Å². The van der Waals surface area contributed by atoms with Crippen LogP contribution in [0.1, 0.15) is 10.5 Å². The molecule has 2 rings (SSSR count). The number of aromatic nitrogens is 1. The molecule has 0 aliphatic heterocycles. The Morgan fingerprint density at radius 2 is 2.23 bits per heavy atom. The van der Waals surface area contributed by atoms with Crippen molar-refractivity contribution in [1.29, 1.82) is 0 Å². The lowest BCUT2D eigenvalue weighted by Gasteiger charge is -2.19. The Hall–Kier alpha value is -2.25. The number of ether oxygens (including phenoxy) is 1. The number of likely N-dealkylation sites (N-methyl/N-ethyl adjacent to an activating group) is 1. The minimum Gasteiger partial charge on any atom is -0.389 e. The van der Waals surface area contributed by atoms with E-state index in [9.17, 15) is 14.3 Å². The molecule has 7 heteroatoms. The first-order chi connectivity index (χ1) is 10.5. The molecule has 1 aromatic heterocycles. The zero-order chi connectivity index (χ0) is 16.1. The van der Waals surface area contributed by atoms with E-state index in [-0.39, 0.29) is 30.2 Å². The molecule has 118 valence electrons. The monoisotopic (exact) mass is 308 g/mol. The van der Waals surface area contributed by atoms with Crippen LogP contribution in [0.5, 0.6) is 0 Å². The molecule has 0 bridgehead atoms. The number of carbonyl (C=O) groups is 1. The van der Waals surface area contributed by atoms with Gasteiger partial charge in [-0.3, -0.25) is 4.79 Å². The molecular formula is C15H17FN2O4. The summed E-state index contributed by atoms with van der Waals surface area (Å²) in [5.74, 6) is -0.713. The molecule has 1 amide bonds. The summed E-state index contributed by atoms with van der Waals surface area (Å²) in [5, 5.41) is 13.3. The van der Waals surface area contributed by atoms with Crippen LogP contribution in [0.3, 0.4) is 0 Å². The van der Waals surface area contributed by atoms with Crippen molar-refractivity contribution in [3.63, 3.8) is 0 Å². The number of aliphatic hydroxyl groups is 1. The second-order valence-corrected chi connectivity index (χ2v) is 4.85. The van der Waals surface area contributed by atoms with E-state index in [0.29, 0.717) is 0 Å². The first-order valence-electron chi connectivity index (χ1n) is 6.67. The lowest BCUT2D eigenvalue weighted by atomic mass is 10.1. The minimum absolute atomic E-state index is 0.0466. The van der Waals surface area contributed by atoms with Gasteiger partial charge in [0.15, 0.2) is 11.5 Å². The third-order valence-electron chi connectivity index (χ3n) is 3.06. The fourth-order valence-corrected chi connectivity index (χ4v) is 2.00. The number of hydrogen-bond acceptors (Lipinski definition) is 5.